The summed E-state index contributed by atoms with van der Waals surface area (Å²) in [5, 5.41) is -0.253. The highest BCUT2D eigenvalue weighted by Gasteiger charge is 2.07. The molecule has 0 aliphatic rings. The highest BCUT2D eigenvalue weighted by Crippen LogP contribution is 2.00. The van der Waals surface area contributed by atoms with Crippen molar-refractivity contribution in [3.63, 3.8) is 0 Å². The summed E-state index contributed by atoms with van der Waals surface area (Å²) in [6.07, 6.45) is 0.156. The fourth-order valence-corrected chi connectivity index (χ4v) is 0.688. The molecule has 3 nitrogen and oxygen atoms in total. The van der Waals surface area contributed by atoms with Crippen molar-refractivity contribution in [2.75, 3.05) is 13.2 Å². The van der Waals surface area contributed by atoms with Crippen LogP contribution < -0.4 is 0 Å². The molecule has 0 aliphatic carbocycles. The summed E-state index contributed by atoms with van der Waals surface area (Å²) >= 11 is 5.77. The minimum Gasteiger partial charge on any atom is -0.464 e. The van der Waals surface area contributed by atoms with Crippen molar-refractivity contribution in [1.82, 2.24) is 0 Å². The van der Waals surface area contributed by atoms with E-state index < -0.39 is 0 Å². The SMILES string of the molecule is CC(=O)OC[C@@H](Cl)COC(C)C. The maximum absolute atomic E-state index is 10.4. The zero-order valence-electron chi connectivity index (χ0n) is 7.67. The van der Waals surface area contributed by atoms with Gasteiger partial charge < -0.3 is 9.47 Å². The second-order valence-corrected chi connectivity index (χ2v) is 3.40. The summed E-state index contributed by atoms with van der Waals surface area (Å²) in [5.41, 5.74) is 0. The third-order valence-corrected chi connectivity index (χ3v) is 1.33. The van der Waals surface area contributed by atoms with Crippen LogP contribution in [0.3, 0.4) is 0 Å². The van der Waals surface area contributed by atoms with Crippen LogP contribution in [0.15, 0.2) is 0 Å². The number of rotatable bonds is 5. The second kappa shape index (κ2) is 6.26. The zero-order valence-corrected chi connectivity index (χ0v) is 8.43. The maximum Gasteiger partial charge on any atom is 0.302 e. The molecule has 72 valence electrons. The van der Waals surface area contributed by atoms with Crippen molar-refractivity contribution in [2.24, 2.45) is 0 Å². The standard InChI is InChI=1S/C8H15ClO3/c1-6(2)11-4-8(9)5-12-7(3)10/h6,8H,4-5H2,1-3H3/t8-/m0/s1. The number of carbonyl (C=O) groups excluding carboxylic acids is 1. The summed E-state index contributed by atoms with van der Waals surface area (Å²) in [4.78, 5) is 10.4. The molecule has 0 radical (unpaired) electrons. The molecule has 12 heavy (non-hydrogen) atoms. The minimum absolute atomic E-state index is 0.156. The van der Waals surface area contributed by atoms with Crippen LogP contribution in [0, 0.1) is 0 Å². The van der Waals surface area contributed by atoms with E-state index in [1.165, 1.54) is 6.92 Å². The largest absolute Gasteiger partial charge is 0.464 e. The van der Waals surface area contributed by atoms with Gasteiger partial charge in [-0.3, -0.25) is 4.79 Å². The van der Waals surface area contributed by atoms with Gasteiger partial charge in [-0.05, 0) is 13.8 Å². The first-order chi connectivity index (χ1) is 5.52. The Morgan fingerprint density at radius 1 is 1.42 bits per heavy atom. The fourth-order valence-electron chi connectivity index (χ4n) is 0.553. The molecule has 0 aromatic rings. The number of hydrogen-bond acceptors (Lipinski definition) is 3. The molecule has 0 amide bonds. The summed E-state index contributed by atoms with van der Waals surface area (Å²) < 4.78 is 9.90. The van der Waals surface area contributed by atoms with Gasteiger partial charge in [0.05, 0.1) is 18.1 Å². The fraction of sp³-hybridized carbons (Fsp3) is 0.875. The molecule has 0 heterocycles. The number of esters is 1. The lowest BCUT2D eigenvalue weighted by Gasteiger charge is -2.11. The average Bonchev–Trinajstić information content (AvgIpc) is 1.96. The highest BCUT2D eigenvalue weighted by atomic mass is 35.5. The van der Waals surface area contributed by atoms with Gasteiger partial charge in [0.2, 0.25) is 0 Å². The van der Waals surface area contributed by atoms with E-state index in [1.54, 1.807) is 0 Å². The molecule has 0 aromatic heterocycles. The van der Waals surface area contributed by atoms with Gasteiger partial charge in [0.25, 0.3) is 0 Å². The van der Waals surface area contributed by atoms with E-state index >= 15 is 0 Å². The van der Waals surface area contributed by atoms with Gasteiger partial charge in [0.15, 0.2) is 0 Å². The summed E-state index contributed by atoms with van der Waals surface area (Å²) in [5.74, 6) is -0.315. The van der Waals surface area contributed by atoms with Crippen molar-refractivity contribution in [1.29, 1.82) is 0 Å². The van der Waals surface area contributed by atoms with Crippen LogP contribution in [0.5, 0.6) is 0 Å². The van der Waals surface area contributed by atoms with E-state index in [1.807, 2.05) is 13.8 Å². The van der Waals surface area contributed by atoms with Crippen molar-refractivity contribution >= 4 is 17.6 Å². The molecule has 1 atom stereocenters. The molecule has 0 saturated carbocycles. The van der Waals surface area contributed by atoms with E-state index in [4.69, 9.17) is 16.3 Å². The number of ether oxygens (including phenoxy) is 2. The molecule has 4 heteroatoms. The van der Waals surface area contributed by atoms with Crippen LogP contribution in [0.1, 0.15) is 20.8 Å². The lowest BCUT2D eigenvalue weighted by molar-refractivity contribution is -0.141. The molecular weight excluding hydrogens is 180 g/mol. The van der Waals surface area contributed by atoms with Crippen molar-refractivity contribution < 1.29 is 14.3 Å². The van der Waals surface area contributed by atoms with Gasteiger partial charge in [-0.15, -0.1) is 11.6 Å². The van der Waals surface area contributed by atoms with Crippen LogP contribution in [0.4, 0.5) is 0 Å². The quantitative estimate of drug-likeness (QED) is 0.493. The van der Waals surface area contributed by atoms with Crippen LogP contribution in [-0.2, 0) is 14.3 Å². The van der Waals surface area contributed by atoms with E-state index in [-0.39, 0.29) is 24.1 Å². The monoisotopic (exact) mass is 194 g/mol. The van der Waals surface area contributed by atoms with Gasteiger partial charge in [0.1, 0.15) is 6.61 Å². The van der Waals surface area contributed by atoms with Crippen LogP contribution in [0.25, 0.3) is 0 Å². The predicted octanol–water partition coefficient (Wildman–Crippen LogP) is 1.58. The first-order valence-corrected chi connectivity index (χ1v) is 4.35. The molecule has 0 bridgehead atoms. The Hall–Kier alpha value is -0.280. The number of halogens is 1. The van der Waals surface area contributed by atoms with E-state index in [2.05, 4.69) is 4.74 Å². The Labute approximate surface area is 78.0 Å². The van der Waals surface area contributed by atoms with Crippen molar-refractivity contribution in [3.05, 3.63) is 0 Å². The van der Waals surface area contributed by atoms with Crippen LogP contribution >= 0.6 is 11.6 Å². The Morgan fingerprint density at radius 2 is 2.00 bits per heavy atom. The normalized spacial score (nSPS) is 13.1. The van der Waals surface area contributed by atoms with E-state index in [9.17, 15) is 4.79 Å². The Balaban J connectivity index is 3.33. The highest BCUT2D eigenvalue weighted by molar-refractivity contribution is 6.20. The summed E-state index contributed by atoms with van der Waals surface area (Å²) in [6, 6.07) is 0. The second-order valence-electron chi connectivity index (χ2n) is 2.78. The zero-order chi connectivity index (χ0) is 9.56. The first kappa shape index (κ1) is 11.7. The molecular formula is C8H15ClO3. The number of carbonyl (C=O) groups is 1. The molecule has 0 aromatic carbocycles. The third kappa shape index (κ3) is 7.82. The van der Waals surface area contributed by atoms with Gasteiger partial charge in [-0.25, -0.2) is 0 Å². The van der Waals surface area contributed by atoms with E-state index in [0.717, 1.165) is 0 Å². The van der Waals surface area contributed by atoms with Gasteiger partial charge >= 0.3 is 5.97 Å². The van der Waals surface area contributed by atoms with Crippen LogP contribution in [0.2, 0.25) is 0 Å². The molecule has 0 fully saturated rings. The maximum atomic E-state index is 10.4. The number of alkyl halides is 1. The average molecular weight is 195 g/mol. The molecule has 0 N–H and O–H groups in total. The lowest BCUT2D eigenvalue weighted by Crippen LogP contribution is -2.20. The molecule has 0 saturated heterocycles. The topological polar surface area (TPSA) is 35.5 Å². The Kier molecular flexibility index (Phi) is 6.11. The molecule has 0 rings (SSSR count). The van der Waals surface area contributed by atoms with Crippen LogP contribution in [-0.4, -0.2) is 30.7 Å². The van der Waals surface area contributed by atoms with Gasteiger partial charge in [0, 0.05) is 6.92 Å². The summed E-state index contributed by atoms with van der Waals surface area (Å²) in [7, 11) is 0. The van der Waals surface area contributed by atoms with Crippen molar-refractivity contribution in [3.8, 4) is 0 Å². The van der Waals surface area contributed by atoms with Gasteiger partial charge in [-0.1, -0.05) is 0 Å². The molecule has 0 spiro atoms. The van der Waals surface area contributed by atoms with Crippen molar-refractivity contribution in [2.45, 2.75) is 32.3 Å². The van der Waals surface area contributed by atoms with Gasteiger partial charge in [-0.2, -0.15) is 0 Å². The molecule has 0 aliphatic heterocycles. The molecule has 0 unspecified atom stereocenters. The Bertz CT molecular complexity index is 136. The first-order valence-electron chi connectivity index (χ1n) is 3.91. The minimum atomic E-state index is -0.315. The third-order valence-electron chi connectivity index (χ3n) is 1.08. The smallest absolute Gasteiger partial charge is 0.302 e. The Morgan fingerprint density at radius 3 is 2.42 bits per heavy atom. The predicted molar refractivity (Wildman–Crippen MR) is 47.4 cm³/mol. The lowest BCUT2D eigenvalue weighted by atomic mass is 10.4. The van der Waals surface area contributed by atoms with E-state index in [0.29, 0.717) is 6.61 Å². The summed E-state index contributed by atoms with van der Waals surface area (Å²) in [6.45, 7) is 5.83. The number of hydrogen-bond donors (Lipinski definition) is 0.